The van der Waals surface area contributed by atoms with Crippen LogP contribution in [0.2, 0.25) is 0 Å². The van der Waals surface area contributed by atoms with Gasteiger partial charge in [0.2, 0.25) is 0 Å². The highest BCUT2D eigenvalue weighted by Crippen LogP contribution is 2.44. The fourth-order valence-electron chi connectivity index (χ4n) is 3.99. The average molecular weight is 395 g/mol. The van der Waals surface area contributed by atoms with E-state index in [4.69, 9.17) is 9.72 Å². The van der Waals surface area contributed by atoms with Crippen molar-refractivity contribution in [1.29, 1.82) is 0 Å². The van der Waals surface area contributed by atoms with Gasteiger partial charge in [-0.1, -0.05) is 31.3 Å². The number of carbonyl (C=O) groups is 1. The minimum Gasteiger partial charge on any atom is -0.490 e. The van der Waals surface area contributed by atoms with E-state index in [-0.39, 0.29) is 11.2 Å². The molecule has 3 aromatic rings. The molecule has 0 unspecified atom stereocenters. The summed E-state index contributed by atoms with van der Waals surface area (Å²) in [5.74, 6) is 1.06. The third-order valence-electron chi connectivity index (χ3n) is 5.32. The third kappa shape index (κ3) is 2.90. The fourth-order valence-corrected chi connectivity index (χ4v) is 5.05. The van der Waals surface area contributed by atoms with E-state index in [1.165, 1.54) is 11.3 Å². The lowest BCUT2D eigenvalue weighted by Gasteiger charge is -2.29. The molecule has 0 fully saturated rings. The van der Waals surface area contributed by atoms with Crippen LogP contribution in [0.4, 0.5) is 10.8 Å². The Balaban J connectivity index is 1.52. The van der Waals surface area contributed by atoms with Crippen LogP contribution in [0.25, 0.3) is 11.1 Å². The number of ether oxygens (including phenoxy) is 1. The normalized spacial score (nSPS) is 17.8. The quantitative estimate of drug-likeness (QED) is 0.651. The van der Waals surface area contributed by atoms with Crippen molar-refractivity contribution in [3.05, 3.63) is 41.2 Å². The molecule has 0 bridgehead atoms. The molecule has 1 aromatic carbocycles. The highest BCUT2D eigenvalue weighted by atomic mass is 32.1. The Hall–Kier alpha value is -2.67. The SMILES string of the molecule is Cn1cc(-c2ccc3c(c2)OCCN3c2nc3c(s2)C(=O)CC(C)(C)C3)cn1. The molecule has 1 aliphatic heterocycles. The van der Waals surface area contributed by atoms with Gasteiger partial charge in [0.25, 0.3) is 0 Å². The number of aromatic nitrogens is 3. The van der Waals surface area contributed by atoms with Crippen LogP contribution in [0.3, 0.4) is 0 Å². The summed E-state index contributed by atoms with van der Waals surface area (Å²) in [6, 6.07) is 6.21. The number of hydrogen-bond donors (Lipinski definition) is 0. The summed E-state index contributed by atoms with van der Waals surface area (Å²) in [7, 11) is 1.91. The number of Topliss-reactive ketones (excluding diaryl/α,β-unsaturated/α-hetero) is 1. The number of hydrogen-bond acceptors (Lipinski definition) is 6. The van der Waals surface area contributed by atoms with E-state index >= 15 is 0 Å². The summed E-state index contributed by atoms with van der Waals surface area (Å²) in [5.41, 5.74) is 4.06. The van der Waals surface area contributed by atoms with Gasteiger partial charge in [-0.25, -0.2) is 4.98 Å². The van der Waals surface area contributed by atoms with Crippen LogP contribution in [0.1, 0.15) is 35.6 Å². The Morgan fingerprint density at radius 1 is 1.21 bits per heavy atom. The number of rotatable bonds is 2. The minimum absolute atomic E-state index is 0.0169. The van der Waals surface area contributed by atoms with Gasteiger partial charge in [0.1, 0.15) is 12.4 Å². The van der Waals surface area contributed by atoms with Crippen molar-refractivity contribution < 1.29 is 9.53 Å². The predicted octanol–water partition coefficient (Wildman–Crippen LogP) is 4.23. The largest absolute Gasteiger partial charge is 0.490 e. The molecule has 0 N–H and O–H groups in total. The molecule has 1 aliphatic carbocycles. The molecule has 7 heteroatoms. The van der Waals surface area contributed by atoms with E-state index in [9.17, 15) is 4.79 Å². The van der Waals surface area contributed by atoms with Crippen molar-refractivity contribution in [2.75, 3.05) is 18.1 Å². The van der Waals surface area contributed by atoms with Gasteiger partial charge in [0.05, 0.1) is 29.0 Å². The van der Waals surface area contributed by atoms with E-state index in [0.717, 1.165) is 51.2 Å². The number of nitrogens with zero attached hydrogens (tertiary/aromatic N) is 4. The smallest absolute Gasteiger partial charge is 0.190 e. The molecule has 6 nitrogen and oxygen atoms in total. The molecule has 3 heterocycles. The Labute approximate surface area is 167 Å². The third-order valence-corrected chi connectivity index (χ3v) is 6.48. The Kier molecular flexibility index (Phi) is 3.84. The van der Waals surface area contributed by atoms with Gasteiger partial charge in [-0.3, -0.25) is 9.48 Å². The van der Waals surface area contributed by atoms with Crippen molar-refractivity contribution >= 4 is 27.9 Å². The number of carbonyl (C=O) groups excluding carboxylic acids is 1. The van der Waals surface area contributed by atoms with Crippen molar-refractivity contribution in [1.82, 2.24) is 14.8 Å². The van der Waals surface area contributed by atoms with Gasteiger partial charge in [-0.15, -0.1) is 0 Å². The summed E-state index contributed by atoms with van der Waals surface area (Å²) >= 11 is 1.51. The van der Waals surface area contributed by atoms with E-state index in [2.05, 4.69) is 42.0 Å². The maximum absolute atomic E-state index is 12.6. The van der Waals surface area contributed by atoms with Gasteiger partial charge < -0.3 is 9.64 Å². The number of anilines is 2. The summed E-state index contributed by atoms with van der Waals surface area (Å²) in [6.07, 6.45) is 5.28. The van der Waals surface area contributed by atoms with Gasteiger partial charge in [0.15, 0.2) is 10.9 Å². The van der Waals surface area contributed by atoms with Crippen LogP contribution >= 0.6 is 11.3 Å². The topological polar surface area (TPSA) is 60.2 Å². The molecule has 0 spiro atoms. The zero-order valence-electron chi connectivity index (χ0n) is 16.2. The number of ketones is 1. The van der Waals surface area contributed by atoms with E-state index in [0.29, 0.717) is 13.0 Å². The van der Waals surface area contributed by atoms with Crippen LogP contribution in [0.5, 0.6) is 5.75 Å². The van der Waals surface area contributed by atoms with Gasteiger partial charge in [0, 0.05) is 25.2 Å². The summed E-state index contributed by atoms with van der Waals surface area (Å²) in [6.45, 7) is 5.59. The first kappa shape index (κ1) is 17.4. The molecular formula is C21H22N4O2S. The number of aryl methyl sites for hydroxylation is 1. The molecule has 2 aromatic heterocycles. The highest BCUT2D eigenvalue weighted by Gasteiger charge is 2.35. The monoisotopic (exact) mass is 394 g/mol. The van der Waals surface area contributed by atoms with E-state index in [1.807, 2.05) is 19.4 Å². The fraction of sp³-hybridized carbons (Fsp3) is 0.381. The van der Waals surface area contributed by atoms with Gasteiger partial charge >= 0.3 is 0 Å². The van der Waals surface area contributed by atoms with Crippen LogP contribution < -0.4 is 9.64 Å². The summed E-state index contributed by atoms with van der Waals surface area (Å²) in [5, 5.41) is 5.13. The minimum atomic E-state index is -0.0169. The highest BCUT2D eigenvalue weighted by molar-refractivity contribution is 7.17. The zero-order chi connectivity index (χ0) is 19.5. The van der Waals surface area contributed by atoms with Crippen molar-refractivity contribution in [2.24, 2.45) is 12.5 Å². The molecule has 0 amide bonds. The van der Waals surface area contributed by atoms with Crippen LogP contribution in [0.15, 0.2) is 30.6 Å². The zero-order valence-corrected chi connectivity index (χ0v) is 17.0. The lowest BCUT2D eigenvalue weighted by atomic mass is 9.78. The first-order valence-electron chi connectivity index (χ1n) is 9.46. The average Bonchev–Trinajstić information content (AvgIpc) is 3.26. The van der Waals surface area contributed by atoms with Crippen LogP contribution in [-0.2, 0) is 13.5 Å². The first-order chi connectivity index (χ1) is 13.4. The summed E-state index contributed by atoms with van der Waals surface area (Å²) < 4.78 is 7.73. The second-order valence-corrected chi connectivity index (χ2v) is 9.28. The lowest BCUT2D eigenvalue weighted by Crippen LogP contribution is -2.28. The molecule has 0 saturated carbocycles. The Morgan fingerprint density at radius 2 is 2.07 bits per heavy atom. The molecule has 28 heavy (non-hydrogen) atoms. The number of benzene rings is 1. The molecular weight excluding hydrogens is 372 g/mol. The molecule has 0 atom stereocenters. The second kappa shape index (κ2) is 6.17. The molecule has 144 valence electrons. The maximum Gasteiger partial charge on any atom is 0.190 e. The number of thiazole rings is 1. The van der Waals surface area contributed by atoms with Gasteiger partial charge in [-0.05, 0) is 29.5 Å². The first-order valence-corrected chi connectivity index (χ1v) is 10.3. The molecule has 5 rings (SSSR count). The lowest BCUT2D eigenvalue weighted by molar-refractivity contribution is 0.0916. The van der Waals surface area contributed by atoms with Crippen molar-refractivity contribution in [3.8, 4) is 16.9 Å². The summed E-state index contributed by atoms with van der Waals surface area (Å²) in [4.78, 5) is 20.4. The molecule has 0 saturated heterocycles. The van der Waals surface area contributed by atoms with Gasteiger partial charge in [-0.2, -0.15) is 5.10 Å². The van der Waals surface area contributed by atoms with Crippen LogP contribution in [0, 0.1) is 5.41 Å². The second-order valence-electron chi connectivity index (χ2n) is 8.30. The van der Waals surface area contributed by atoms with Crippen molar-refractivity contribution in [2.45, 2.75) is 26.7 Å². The predicted molar refractivity (Wildman–Crippen MR) is 110 cm³/mol. The molecule has 2 aliphatic rings. The van der Waals surface area contributed by atoms with E-state index < -0.39 is 0 Å². The Morgan fingerprint density at radius 3 is 2.86 bits per heavy atom. The molecule has 0 radical (unpaired) electrons. The van der Waals surface area contributed by atoms with Crippen LogP contribution in [-0.4, -0.2) is 33.7 Å². The van der Waals surface area contributed by atoms with E-state index in [1.54, 1.807) is 4.68 Å². The maximum atomic E-state index is 12.6. The van der Waals surface area contributed by atoms with Crippen molar-refractivity contribution in [3.63, 3.8) is 0 Å². The number of fused-ring (bicyclic) bond motifs is 2. The Bertz CT molecular complexity index is 1080. The standard InChI is InChI=1S/C21H22N4O2S/c1-21(2)9-15-19(17(26)10-21)28-20(23-15)25-6-7-27-18-8-13(4-5-16(18)25)14-11-22-24(3)12-14/h4-5,8,11-12H,6-7,9-10H2,1-3H3.